The first-order chi connectivity index (χ1) is 6.25. The van der Waals surface area contributed by atoms with E-state index < -0.39 is 0 Å². The van der Waals surface area contributed by atoms with Gasteiger partial charge in [0, 0.05) is 0 Å². The molecule has 0 saturated heterocycles. The Hall–Kier alpha value is -1.40. The predicted molar refractivity (Wildman–Crippen MR) is 52.6 cm³/mol. The van der Waals surface area contributed by atoms with Crippen LogP contribution in [0.15, 0.2) is 23.2 Å². The van der Waals surface area contributed by atoms with Gasteiger partial charge in [-0.1, -0.05) is 18.2 Å². The number of nitrogens with zero attached hydrogens (tertiary/aromatic N) is 1. The molecule has 0 saturated carbocycles. The summed E-state index contributed by atoms with van der Waals surface area (Å²) < 4.78 is 0. The van der Waals surface area contributed by atoms with Crippen LogP contribution >= 0.6 is 0 Å². The van der Waals surface area contributed by atoms with Crippen LogP contribution in [0.5, 0.6) is 0 Å². The molecule has 0 aliphatic carbocycles. The van der Waals surface area contributed by atoms with E-state index in [0.717, 1.165) is 6.42 Å². The second-order valence-electron chi connectivity index (χ2n) is 3.08. The summed E-state index contributed by atoms with van der Waals surface area (Å²) in [5.74, 6) is 0. The highest BCUT2D eigenvalue weighted by Gasteiger charge is 1.98. The average molecular weight is 175 g/mol. The monoisotopic (exact) mass is 175 g/mol. The lowest BCUT2D eigenvalue weighted by molar-refractivity contribution is 0.563. The van der Waals surface area contributed by atoms with Crippen LogP contribution in [0.4, 0.5) is 0 Å². The number of rotatable bonds is 3. The Kier molecular flexibility index (Phi) is 3.41. The van der Waals surface area contributed by atoms with Crippen molar-refractivity contribution >= 4 is 6.08 Å². The molecule has 0 atom stereocenters. The molecule has 2 heteroatoms. The van der Waals surface area contributed by atoms with Gasteiger partial charge in [-0.05, 0) is 37.0 Å². The van der Waals surface area contributed by atoms with E-state index in [1.807, 2.05) is 6.07 Å². The second-order valence-corrected chi connectivity index (χ2v) is 3.08. The van der Waals surface area contributed by atoms with Crippen LogP contribution in [0, 0.1) is 13.8 Å². The van der Waals surface area contributed by atoms with E-state index in [9.17, 15) is 4.79 Å². The molecule has 13 heavy (non-hydrogen) atoms. The lowest BCUT2D eigenvalue weighted by Crippen LogP contribution is -1.94. The number of aliphatic imine (C=N–C) groups is 1. The standard InChI is InChI=1S/C11H13NO/c1-9-4-3-5-11(10(9)2)6-7-12-8-13/h3-5H,6-7H2,1-2H3. The molecule has 0 unspecified atom stereocenters. The van der Waals surface area contributed by atoms with Crippen LogP contribution < -0.4 is 0 Å². The van der Waals surface area contributed by atoms with Gasteiger partial charge in [-0.15, -0.1) is 0 Å². The van der Waals surface area contributed by atoms with Crippen molar-refractivity contribution in [3.05, 3.63) is 34.9 Å². The van der Waals surface area contributed by atoms with Crippen LogP contribution in [-0.2, 0) is 11.2 Å². The highest BCUT2D eigenvalue weighted by atomic mass is 16.1. The summed E-state index contributed by atoms with van der Waals surface area (Å²) in [7, 11) is 0. The highest BCUT2D eigenvalue weighted by Crippen LogP contribution is 2.12. The van der Waals surface area contributed by atoms with E-state index in [0.29, 0.717) is 6.54 Å². The third-order valence-corrected chi connectivity index (χ3v) is 2.27. The van der Waals surface area contributed by atoms with Crippen molar-refractivity contribution < 1.29 is 4.79 Å². The summed E-state index contributed by atoms with van der Waals surface area (Å²) >= 11 is 0. The SMILES string of the molecule is Cc1cccc(CCN=C=O)c1C. The summed E-state index contributed by atoms with van der Waals surface area (Å²) in [5, 5.41) is 0. The van der Waals surface area contributed by atoms with Gasteiger partial charge in [0.25, 0.3) is 0 Å². The van der Waals surface area contributed by atoms with Gasteiger partial charge >= 0.3 is 0 Å². The summed E-state index contributed by atoms with van der Waals surface area (Å²) in [6, 6.07) is 6.19. The minimum atomic E-state index is 0.536. The first-order valence-electron chi connectivity index (χ1n) is 4.34. The Morgan fingerprint density at radius 2 is 2.15 bits per heavy atom. The summed E-state index contributed by atoms with van der Waals surface area (Å²) in [4.78, 5) is 13.4. The Morgan fingerprint density at radius 1 is 1.38 bits per heavy atom. The number of hydrogen-bond acceptors (Lipinski definition) is 2. The normalized spacial score (nSPS) is 9.38. The first kappa shape index (κ1) is 9.69. The van der Waals surface area contributed by atoms with Crippen LogP contribution in [0.25, 0.3) is 0 Å². The van der Waals surface area contributed by atoms with Crippen LogP contribution in [-0.4, -0.2) is 12.6 Å². The van der Waals surface area contributed by atoms with Gasteiger partial charge in [-0.2, -0.15) is 0 Å². The van der Waals surface area contributed by atoms with E-state index in [-0.39, 0.29) is 0 Å². The van der Waals surface area contributed by atoms with E-state index in [1.54, 1.807) is 6.08 Å². The van der Waals surface area contributed by atoms with Gasteiger partial charge < -0.3 is 0 Å². The summed E-state index contributed by atoms with van der Waals surface area (Å²) in [6.45, 7) is 4.71. The number of hydrogen-bond donors (Lipinski definition) is 0. The fraction of sp³-hybridized carbons (Fsp3) is 0.364. The fourth-order valence-electron chi connectivity index (χ4n) is 1.30. The minimum Gasteiger partial charge on any atom is -0.211 e. The molecule has 0 heterocycles. The predicted octanol–water partition coefficient (Wildman–Crippen LogP) is 2.18. The summed E-state index contributed by atoms with van der Waals surface area (Å²) in [6.07, 6.45) is 2.37. The number of isocyanates is 1. The molecule has 0 aromatic heterocycles. The molecule has 0 aliphatic heterocycles. The van der Waals surface area contributed by atoms with Crippen molar-refractivity contribution in [3.63, 3.8) is 0 Å². The molecule has 1 rings (SSSR count). The third-order valence-electron chi connectivity index (χ3n) is 2.27. The molecular weight excluding hydrogens is 162 g/mol. The van der Waals surface area contributed by atoms with Crippen molar-refractivity contribution in [2.24, 2.45) is 4.99 Å². The second kappa shape index (κ2) is 4.58. The molecule has 0 spiro atoms. The Bertz CT molecular complexity index is 338. The Balaban J connectivity index is 2.76. The van der Waals surface area contributed by atoms with Crippen molar-refractivity contribution in [1.82, 2.24) is 0 Å². The molecule has 2 nitrogen and oxygen atoms in total. The van der Waals surface area contributed by atoms with Crippen LogP contribution in [0.3, 0.4) is 0 Å². The van der Waals surface area contributed by atoms with Gasteiger partial charge in [0.2, 0.25) is 6.08 Å². The Morgan fingerprint density at radius 3 is 2.85 bits per heavy atom. The molecule has 0 amide bonds. The highest BCUT2D eigenvalue weighted by molar-refractivity contribution is 5.35. The topological polar surface area (TPSA) is 29.4 Å². The van der Waals surface area contributed by atoms with E-state index in [4.69, 9.17) is 0 Å². The fourth-order valence-corrected chi connectivity index (χ4v) is 1.30. The number of aryl methyl sites for hydroxylation is 1. The van der Waals surface area contributed by atoms with Gasteiger partial charge in [0.15, 0.2) is 0 Å². The lowest BCUT2D eigenvalue weighted by atomic mass is 10.0. The first-order valence-corrected chi connectivity index (χ1v) is 4.34. The quantitative estimate of drug-likeness (QED) is 0.511. The van der Waals surface area contributed by atoms with Gasteiger partial charge in [-0.3, -0.25) is 0 Å². The molecule has 0 aliphatic rings. The average Bonchev–Trinajstić information content (AvgIpc) is 2.13. The van der Waals surface area contributed by atoms with Gasteiger partial charge in [0.05, 0.1) is 6.54 Å². The number of benzene rings is 1. The molecule has 0 bridgehead atoms. The van der Waals surface area contributed by atoms with Gasteiger partial charge in [0.1, 0.15) is 0 Å². The number of carbonyl (C=O) groups excluding carboxylic acids is 1. The molecular formula is C11H13NO. The van der Waals surface area contributed by atoms with E-state index >= 15 is 0 Å². The van der Waals surface area contributed by atoms with Crippen molar-refractivity contribution in [2.75, 3.05) is 6.54 Å². The minimum absolute atomic E-state index is 0.536. The zero-order valence-electron chi connectivity index (χ0n) is 8.00. The molecule has 0 N–H and O–H groups in total. The molecule has 1 aromatic rings. The third kappa shape index (κ3) is 2.53. The zero-order chi connectivity index (χ0) is 9.68. The van der Waals surface area contributed by atoms with Crippen molar-refractivity contribution in [2.45, 2.75) is 20.3 Å². The maximum Gasteiger partial charge on any atom is 0.234 e. The van der Waals surface area contributed by atoms with Crippen molar-refractivity contribution in [3.8, 4) is 0 Å². The van der Waals surface area contributed by atoms with E-state index in [1.165, 1.54) is 16.7 Å². The molecule has 68 valence electrons. The van der Waals surface area contributed by atoms with Gasteiger partial charge in [-0.25, -0.2) is 9.79 Å². The summed E-state index contributed by atoms with van der Waals surface area (Å²) in [5.41, 5.74) is 3.84. The van der Waals surface area contributed by atoms with Crippen molar-refractivity contribution in [1.29, 1.82) is 0 Å². The largest absolute Gasteiger partial charge is 0.234 e. The smallest absolute Gasteiger partial charge is 0.211 e. The lowest BCUT2D eigenvalue weighted by Gasteiger charge is -2.05. The zero-order valence-corrected chi connectivity index (χ0v) is 8.00. The Labute approximate surface area is 78.3 Å². The molecule has 1 aromatic carbocycles. The maximum absolute atomic E-state index is 9.86. The maximum atomic E-state index is 9.86. The van der Waals surface area contributed by atoms with Crippen LogP contribution in [0.2, 0.25) is 0 Å². The molecule has 0 fully saturated rings. The van der Waals surface area contributed by atoms with Crippen LogP contribution in [0.1, 0.15) is 16.7 Å². The van der Waals surface area contributed by atoms with E-state index in [2.05, 4.69) is 31.0 Å². The molecule has 0 radical (unpaired) electrons.